The molecule has 7 rings (SSSR count). The van der Waals surface area contributed by atoms with Gasteiger partial charge in [0.25, 0.3) is 0 Å². The van der Waals surface area contributed by atoms with Crippen LogP contribution in [0.3, 0.4) is 0 Å². The predicted octanol–water partition coefficient (Wildman–Crippen LogP) is 2.67. The first kappa shape index (κ1) is 13.9. The zero-order valence-electron chi connectivity index (χ0n) is 14.8. The number of fused-ring (bicyclic) bond motifs is 2. The van der Waals surface area contributed by atoms with Gasteiger partial charge in [0.15, 0.2) is 11.5 Å². The Morgan fingerprint density at radius 3 is 3.00 bits per heavy atom. The maximum absolute atomic E-state index is 6.83. The lowest BCUT2D eigenvalue weighted by Gasteiger charge is -2.59. The largest absolute Gasteiger partial charge is 0.493 e. The summed E-state index contributed by atoms with van der Waals surface area (Å²) in [5.41, 5.74) is 3.02. The molecule has 0 aromatic heterocycles. The van der Waals surface area contributed by atoms with Crippen LogP contribution in [-0.4, -0.2) is 49.0 Å². The Kier molecular flexibility index (Phi) is 2.32. The molecular formula is C21H25NO3. The molecule has 4 fully saturated rings. The lowest BCUT2D eigenvalue weighted by molar-refractivity contribution is -0.122. The Labute approximate surface area is 148 Å². The van der Waals surface area contributed by atoms with Gasteiger partial charge in [0.2, 0.25) is 0 Å². The molecule has 1 saturated carbocycles. The molecule has 0 radical (unpaired) electrons. The van der Waals surface area contributed by atoms with Gasteiger partial charge in [0.05, 0.1) is 24.2 Å². The standard InChI is InChI=1S/C21H25NO3/c1-23-14-5-4-13-10-16-21-7-6-15(25-21)19-20(21,17(13)18(14)24-19)8-9-22(16)11-12-2-3-12/h4-5,12,15-16,19H,2-3,6-11H2,1H3/t15?,16-,19+,20+,21-/m0/s1. The highest BCUT2D eigenvalue weighted by molar-refractivity contribution is 5.64. The molecule has 6 aliphatic rings. The van der Waals surface area contributed by atoms with Crippen LogP contribution in [0, 0.1) is 5.92 Å². The molecule has 1 unspecified atom stereocenters. The first-order valence-corrected chi connectivity index (χ1v) is 10.1. The molecule has 2 aliphatic carbocycles. The van der Waals surface area contributed by atoms with Crippen LogP contribution in [0.1, 0.15) is 43.2 Å². The van der Waals surface area contributed by atoms with Crippen molar-refractivity contribution in [3.8, 4) is 11.5 Å². The molecule has 5 atom stereocenters. The molecule has 4 aliphatic heterocycles. The third kappa shape index (κ3) is 1.36. The van der Waals surface area contributed by atoms with Gasteiger partial charge in [-0.05, 0) is 62.6 Å². The summed E-state index contributed by atoms with van der Waals surface area (Å²) in [6.45, 7) is 2.48. The second-order valence-electron chi connectivity index (χ2n) is 9.13. The van der Waals surface area contributed by atoms with Crippen LogP contribution >= 0.6 is 0 Å². The van der Waals surface area contributed by atoms with E-state index < -0.39 is 0 Å². The molecule has 0 N–H and O–H groups in total. The lowest BCUT2D eigenvalue weighted by Crippen LogP contribution is -2.71. The zero-order chi connectivity index (χ0) is 16.4. The van der Waals surface area contributed by atoms with Gasteiger partial charge in [0, 0.05) is 18.2 Å². The molecule has 4 bridgehead atoms. The van der Waals surface area contributed by atoms with Crippen molar-refractivity contribution >= 4 is 0 Å². The second-order valence-corrected chi connectivity index (χ2v) is 9.13. The van der Waals surface area contributed by atoms with Crippen molar-refractivity contribution in [1.29, 1.82) is 0 Å². The van der Waals surface area contributed by atoms with Gasteiger partial charge in [-0.1, -0.05) is 6.07 Å². The van der Waals surface area contributed by atoms with Crippen molar-refractivity contribution < 1.29 is 14.2 Å². The van der Waals surface area contributed by atoms with Gasteiger partial charge < -0.3 is 14.2 Å². The molecular weight excluding hydrogens is 314 g/mol. The number of likely N-dealkylation sites (tertiary alicyclic amines) is 1. The Morgan fingerprint density at radius 1 is 1.24 bits per heavy atom. The van der Waals surface area contributed by atoms with Gasteiger partial charge in [-0.15, -0.1) is 0 Å². The first-order chi connectivity index (χ1) is 12.3. The monoisotopic (exact) mass is 339 g/mol. The van der Waals surface area contributed by atoms with Crippen LogP contribution < -0.4 is 9.47 Å². The van der Waals surface area contributed by atoms with E-state index in [1.54, 1.807) is 7.11 Å². The van der Waals surface area contributed by atoms with Gasteiger partial charge in [-0.3, -0.25) is 4.90 Å². The molecule has 3 saturated heterocycles. The minimum atomic E-state index is -0.0138. The van der Waals surface area contributed by atoms with Crippen molar-refractivity contribution in [3.05, 3.63) is 23.3 Å². The van der Waals surface area contributed by atoms with E-state index in [1.807, 2.05) is 0 Å². The lowest BCUT2D eigenvalue weighted by atomic mass is 9.51. The normalized spacial score (nSPS) is 45.4. The van der Waals surface area contributed by atoms with Gasteiger partial charge in [0.1, 0.15) is 6.10 Å². The molecule has 132 valence electrons. The molecule has 1 aromatic rings. The van der Waals surface area contributed by atoms with E-state index in [1.165, 1.54) is 49.9 Å². The maximum Gasteiger partial charge on any atom is 0.166 e. The highest BCUT2D eigenvalue weighted by atomic mass is 16.6. The summed E-state index contributed by atoms with van der Waals surface area (Å²) < 4.78 is 19.1. The third-order valence-electron chi connectivity index (χ3n) is 8.23. The number of piperidine rings is 1. The van der Waals surface area contributed by atoms with E-state index >= 15 is 0 Å². The number of hydrogen-bond donors (Lipinski definition) is 0. The fraction of sp³-hybridized carbons (Fsp3) is 0.714. The van der Waals surface area contributed by atoms with E-state index in [0.717, 1.165) is 30.3 Å². The first-order valence-electron chi connectivity index (χ1n) is 10.1. The topological polar surface area (TPSA) is 30.9 Å². The number of hydrogen-bond acceptors (Lipinski definition) is 4. The van der Waals surface area contributed by atoms with Crippen molar-refractivity contribution in [2.24, 2.45) is 5.92 Å². The molecule has 4 nitrogen and oxygen atoms in total. The summed E-state index contributed by atoms with van der Waals surface area (Å²) in [5.74, 6) is 2.89. The summed E-state index contributed by atoms with van der Waals surface area (Å²) in [5, 5.41) is 0. The molecule has 2 spiro atoms. The van der Waals surface area contributed by atoms with Crippen LogP contribution in [0.5, 0.6) is 11.5 Å². The third-order valence-corrected chi connectivity index (χ3v) is 8.23. The van der Waals surface area contributed by atoms with Crippen molar-refractivity contribution in [2.75, 3.05) is 20.2 Å². The summed E-state index contributed by atoms with van der Waals surface area (Å²) >= 11 is 0. The molecule has 4 heterocycles. The number of ether oxygens (including phenoxy) is 3. The highest BCUT2D eigenvalue weighted by Gasteiger charge is 2.79. The van der Waals surface area contributed by atoms with Gasteiger partial charge >= 0.3 is 0 Å². The van der Waals surface area contributed by atoms with E-state index in [9.17, 15) is 0 Å². The van der Waals surface area contributed by atoms with Crippen molar-refractivity contribution in [1.82, 2.24) is 4.90 Å². The Balaban J connectivity index is 1.46. The van der Waals surface area contributed by atoms with Crippen LogP contribution in [0.25, 0.3) is 0 Å². The quantitative estimate of drug-likeness (QED) is 0.847. The Morgan fingerprint density at radius 2 is 2.16 bits per heavy atom. The Hall–Kier alpha value is -1.26. The molecule has 25 heavy (non-hydrogen) atoms. The molecule has 0 amide bonds. The highest BCUT2D eigenvalue weighted by Crippen LogP contribution is 2.71. The summed E-state index contributed by atoms with van der Waals surface area (Å²) in [6.07, 6.45) is 7.99. The van der Waals surface area contributed by atoms with Crippen LogP contribution in [0.15, 0.2) is 12.1 Å². The number of rotatable bonds is 3. The van der Waals surface area contributed by atoms with Crippen molar-refractivity contribution in [2.45, 2.75) is 67.8 Å². The van der Waals surface area contributed by atoms with E-state index in [-0.39, 0.29) is 23.2 Å². The Bertz CT molecular complexity index is 790. The van der Waals surface area contributed by atoms with Crippen LogP contribution in [-0.2, 0) is 16.6 Å². The van der Waals surface area contributed by atoms with E-state index in [0.29, 0.717) is 6.04 Å². The minimum Gasteiger partial charge on any atom is -0.493 e. The molecule has 1 aromatic carbocycles. The fourth-order valence-corrected chi connectivity index (χ4v) is 7.19. The summed E-state index contributed by atoms with van der Waals surface area (Å²) in [4.78, 5) is 2.79. The number of benzene rings is 1. The smallest absolute Gasteiger partial charge is 0.166 e. The van der Waals surface area contributed by atoms with E-state index in [2.05, 4.69) is 17.0 Å². The average molecular weight is 339 g/mol. The maximum atomic E-state index is 6.83. The second kappa shape index (κ2) is 4.17. The van der Waals surface area contributed by atoms with Crippen LogP contribution in [0.2, 0.25) is 0 Å². The summed E-state index contributed by atoms with van der Waals surface area (Å²) in [7, 11) is 1.76. The van der Waals surface area contributed by atoms with Crippen molar-refractivity contribution in [3.63, 3.8) is 0 Å². The molecule has 4 heteroatoms. The SMILES string of the molecule is COc1ccc2c3c1O[C@@H]1C4CC[C@]5(O4)[C@H](C2)N(CC2CC2)CC[C@@]315. The van der Waals surface area contributed by atoms with Crippen LogP contribution in [0.4, 0.5) is 0 Å². The average Bonchev–Trinajstić information content (AvgIpc) is 3.11. The number of methoxy groups -OCH3 is 1. The predicted molar refractivity (Wildman–Crippen MR) is 92.3 cm³/mol. The summed E-state index contributed by atoms with van der Waals surface area (Å²) in [6, 6.07) is 4.96. The number of nitrogens with zero attached hydrogens (tertiary/aromatic N) is 1. The fourth-order valence-electron chi connectivity index (χ4n) is 7.19. The van der Waals surface area contributed by atoms with Gasteiger partial charge in [-0.2, -0.15) is 0 Å². The van der Waals surface area contributed by atoms with E-state index in [4.69, 9.17) is 14.2 Å². The zero-order valence-corrected chi connectivity index (χ0v) is 14.8. The van der Waals surface area contributed by atoms with Gasteiger partial charge in [-0.25, -0.2) is 0 Å². The minimum absolute atomic E-state index is 0.0138.